The van der Waals surface area contributed by atoms with Gasteiger partial charge in [0.25, 0.3) is 5.91 Å². The number of nitrogens with zero attached hydrogens (tertiary/aromatic N) is 1. The van der Waals surface area contributed by atoms with Gasteiger partial charge in [-0.25, -0.2) is 0 Å². The number of anilines is 3. The fourth-order valence-corrected chi connectivity index (χ4v) is 2.60. The number of halogens is 2. The highest BCUT2D eigenvalue weighted by Crippen LogP contribution is 2.27. The van der Waals surface area contributed by atoms with Crippen LogP contribution in [0.25, 0.3) is 0 Å². The standard InChI is InChI=1S/C15H15Br2N3O/c1-20(2)14-6-3-9(7-12(14)18)15(21)19-13-8-10(16)4-5-11(13)17/h3-8H,18H2,1-2H3,(H,19,21). The molecule has 0 saturated carbocycles. The predicted molar refractivity (Wildman–Crippen MR) is 95.0 cm³/mol. The Kier molecular flexibility index (Phi) is 4.90. The average molecular weight is 413 g/mol. The van der Waals surface area contributed by atoms with Crippen molar-refractivity contribution < 1.29 is 4.79 Å². The van der Waals surface area contributed by atoms with E-state index < -0.39 is 0 Å². The van der Waals surface area contributed by atoms with Crippen molar-refractivity contribution in [1.82, 2.24) is 0 Å². The fourth-order valence-electron chi connectivity index (χ4n) is 1.89. The predicted octanol–water partition coefficient (Wildman–Crippen LogP) is 4.11. The molecule has 0 saturated heterocycles. The molecule has 0 bridgehead atoms. The summed E-state index contributed by atoms with van der Waals surface area (Å²) in [7, 11) is 3.81. The van der Waals surface area contributed by atoms with Gasteiger partial charge >= 0.3 is 0 Å². The molecule has 6 heteroatoms. The highest BCUT2D eigenvalue weighted by molar-refractivity contribution is 9.11. The molecule has 0 aliphatic heterocycles. The summed E-state index contributed by atoms with van der Waals surface area (Å²) < 4.78 is 1.71. The van der Waals surface area contributed by atoms with Gasteiger partial charge in [0.15, 0.2) is 0 Å². The van der Waals surface area contributed by atoms with E-state index in [1.165, 1.54) is 0 Å². The zero-order valence-corrected chi connectivity index (χ0v) is 14.8. The summed E-state index contributed by atoms with van der Waals surface area (Å²) in [6.07, 6.45) is 0. The van der Waals surface area contributed by atoms with Crippen LogP contribution in [0.1, 0.15) is 10.4 Å². The summed E-state index contributed by atoms with van der Waals surface area (Å²) in [6.45, 7) is 0. The van der Waals surface area contributed by atoms with Gasteiger partial charge in [0.1, 0.15) is 0 Å². The molecule has 1 amide bonds. The van der Waals surface area contributed by atoms with E-state index in [1.807, 2.05) is 43.3 Å². The maximum absolute atomic E-state index is 12.3. The van der Waals surface area contributed by atoms with Crippen molar-refractivity contribution >= 4 is 54.8 Å². The monoisotopic (exact) mass is 411 g/mol. The minimum absolute atomic E-state index is 0.203. The van der Waals surface area contributed by atoms with Gasteiger partial charge in [0.05, 0.1) is 17.1 Å². The third kappa shape index (κ3) is 3.77. The number of nitrogens with one attached hydrogen (secondary N) is 1. The lowest BCUT2D eigenvalue weighted by molar-refractivity contribution is 0.102. The zero-order valence-electron chi connectivity index (χ0n) is 11.7. The number of benzene rings is 2. The van der Waals surface area contributed by atoms with Gasteiger partial charge in [0.2, 0.25) is 0 Å². The first kappa shape index (κ1) is 15.9. The molecule has 0 aliphatic carbocycles. The third-order valence-corrected chi connectivity index (χ3v) is 4.13. The van der Waals surface area contributed by atoms with Gasteiger partial charge in [-0.05, 0) is 52.3 Å². The second-order valence-corrected chi connectivity index (χ2v) is 6.52. The van der Waals surface area contributed by atoms with Crippen molar-refractivity contribution in [2.75, 3.05) is 30.0 Å². The van der Waals surface area contributed by atoms with Crippen LogP contribution in [0.5, 0.6) is 0 Å². The number of hydrogen-bond acceptors (Lipinski definition) is 3. The number of nitrogen functional groups attached to an aromatic ring is 1. The first-order valence-electron chi connectivity index (χ1n) is 6.21. The maximum Gasteiger partial charge on any atom is 0.255 e. The first-order valence-corrected chi connectivity index (χ1v) is 7.80. The van der Waals surface area contributed by atoms with Crippen LogP contribution in [0.15, 0.2) is 45.3 Å². The normalized spacial score (nSPS) is 10.3. The van der Waals surface area contributed by atoms with E-state index in [2.05, 4.69) is 37.2 Å². The van der Waals surface area contributed by atoms with E-state index in [0.29, 0.717) is 16.9 Å². The molecule has 0 radical (unpaired) electrons. The van der Waals surface area contributed by atoms with Gasteiger partial charge in [-0.3, -0.25) is 4.79 Å². The van der Waals surface area contributed by atoms with E-state index in [0.717, 1.165) is 14.6 Å². The third-order valence-electron chi connectivity index (χ3n) is 2.95. The van der Waals surface area contributed by atoms with Gasteiger partial charge in [-0.15, -0.1) is 0 Å². The van der Waals surface area contributed by atoms with Crippen molar-refractivity contribution in [1.29, 1.82) is 0 Å². The largest absolute Gasteiger partial charge is 0.397 e. The van der Waals surface area contributed by atoms with Gasteiger partial charge < -0.3 is 16.0 Å². The maximum atomic E-state index is 12.3. The Hall–Kier alpha value is -1.53. The molecule has 0 aliphatic rings. The quantitative estimate of drug-likeness (QED) is 0.745. The number of nitrogens with two attached hydrogens (primary N) is 1. The minimum atomic E-state index is -0.203. The Morgan fingerprint density at radius 2 is 1.86 bits per heavy atom. The summed E-state index contributed by atoms with van der Waals surface area (Å²) in [6, 6.07) is 10.9. The minimum Gasteiger partial charge on any atom is -0.397 e. The molecule has 110 valence electrons. The summed E-state index contributed by atoms with van der Waals surface area (Å²) in [4.78, 5) is 14.2. The lowest BCUT2D eigenvalue weighted by Gasteiger charge is -2.16. The Bertz CT molecular complexity index is 687. The van der Waals surface area contributed by atoms with Crippen molar-refractivity contribution in [2.45, 2.75) is 0 Å². The lowest BCUT2D eigenvalue weighted by Crippen LogP contribution is -2.15. The van der Waals surface area contributed by atoms with Crippen LogP contribution in [0.2, 0.25) is 0 Å². The lowest BCUT2D eigenvalue weighted by atomic mass is 10.1. The second kappa shape index (κ2) is 6.49. The molecule has 3 N–H and O–H groups in total. The van der Waals surface area contributed by atoms with Gasteiger partial charge in [-0.1, -0.05) is 15.9 Å². The molecular weight excluding hydrogens is 398 g/mol. The van der Waals surface area contributed by atoms with Crippen LogP contribution in [0.3, 0.4) is 0 Å². The van der Waals surface area contributed by atoms with Crippen molar-refractivity contribution in [2.24, 2.45) is 0 Å². The molecule has 2 aromatic rings. The molecule has 0 unspecified atom stereocenters. The second-order valence-electron chi connectivity index (χ2n) is 4.75. The molecule has 0 heterocycles. The van der Waals surface area contributed by atoms with E-state index in [4.69, 9.17) is 5.73 Å². The fraction of sp³-hybridized carbons (Fsp3) is 0.133. The molecule has 21 heavy (non-hydrogen) atoms. The number of rotatable bonds is 3. The number of amides is 1. The highest BCUT2D eigenvalue weighted by atomic mass is 79.9. The Morgan fingerprint density at radius 1 is 1.14 bits per heavy atom. The van der Waals surface area contributed by atoms with Gasteiger partial charge in [0, 0.05) is 28.6 Å². The van der Waals surface area contributed by atoms with Gasteiger partial charge in [-0.2, -0.15) is 0 Å². The average Bonchev–Trinajstić information content (AvgIpc) is 2.42. The van der Waals surface area contributed by atoms with Crippen LogP contribution in [-0.2, 0) is 0 Å². The topological polar surface area (TPSA) is 58.4 Å². The Balaban J connectivity index is 2.24. The molecule has 0 atom stereocenters. The molecule has 0 spiro atoms. The first-order chi connectivity index (χ1) is 9.88. The Labute approximate surface area is 140 Å². The van der Waals surface area contributed by atoms with Crippen LogP contribution in [-0.4, -0.2) is 20.0 Å². The van der Waals surface area contributed by atoms with Crippen LogP contribution in [0.4, 0.5) is 17.1 Å². The molecule has 0 fully saturated rings. The van der Waals surface area contributed by atoms with E-state index >= 15 is 0 Å². The summed E-state index contributed by atoms with van der Waals surface area (Å²) >= 11 is 6.79. The number of carbonyl (C=O) groups excluding carboxylic acids is 1. The van der Waals surface area contributed by atoms with Crippen molar-refractivity contribution in [3.05, 3.63) is 50.9 Å². The van der Waals surface area contributed by atoms with E-state index in [-0.39, 0.29) is 5.91 Å². The SMILES string of the molecule is CN(C)c1ccc(C(=O)Nc2cc(Br)ccc2Br)cc1N. The summed E-state index contributed by atoms with van der Waals surface area (Å²) in [5.74, 6) is -0.203. The smallest absolute Gasteiger partial charge is 0.255 e. The van der Waals surface area contributed by atoms with E-state index in [1.54, 1.807) is 12.1 Å². The van der Waals surface area contributed by atoms with Crippen LogP contribution in [0, 0.1) is 0 Å². The van der Waals surface area contributed by atoms with Crippen LogP contribution >= 0.6 is 31.9 Å². The molecule has 4 nitrogen and oxygen atoms in total. The zero-order chi connectivity index (χ0) is 15.6. The highest BCUT2D eigenvalue weighted by Gasteiger charge is 2.11. The van der Waals surface area contributed by atoms with Crippen LogP contribution < -0.4 is 16.0 Å². The van der Waals surface area contributed by atoms with Crippen molar-refractivity contribution in [3.8, 4) is 0 Å². The van der Waals surface area contributed by atoms with E-state index in [9.17, 15) is 4.79 Å². The summed E-state index contributed by atoms with van der Waals surface area (Å²) in [5.41, 5.74) is 8.64. The number of carbonyl (C=O) groups is 1. The molecule has 2 aromatic carbocycles. The Morgan fingerprint density at radius 3 is 2.48 bits per heavy atom. The molecular formula is C15H15Br2N3O. The molecule has 0 aromatic heterocycles. The molecule has 2 rings (SSSR count). The summed E-state index contributed by atoms with van der Waals surface area (Å²) in [5, 5.41) is 2.86. The number of hydrogen-bond donors (Lipinski definition) is 2. The van der Waals surface area contributed by atoms with Crippen molar-refractivity contribution in [3.63, 3.8) is 0 Å².